The number of aromatic hydroxyl groups is 1. The molecule has 0 amide bonds. The van der Waals surface area contributed by atoms with Crippen LogP contribution in [0.4, 0.5) is 0 Å². The van der Waals surface area contributed by atoms with Gasteiger partial charge in [0.15, 0.2) is 17.3 Å². The zero-order chi connectivity index (χ0) is 26.9. The summed E-state index contributed by atoms with van der Waals surface area (Å²) in [5.41, 5.74) is 3.43. The first kappa shape index (κ1) is 26.7. The van der Waals surface area contributed by atoms with Crippen LogP contribution in [-0.2, 0) is 0 Å². The van der Waals surface area contributed by atoms with E-state index in [0.717, 1.165) is 22.4 Å². The molecule has 0 aliphatic rings. The molecule has 192 valence electrons. The number of para-hydroxylation sites is 1. The van der Waals surface area contributed by atoms with Crippen molar-refractivity contribution in [2.75, 3.05) is 13.7 Å². The molecule has 1 heterocycles. The molecule has 9 heteroatoms. The van der Waals surface area contributed by atoms with Crippen molar-refractivity contribution >= 4 is 44.6 Å². The number of phenols is 1. The van der Waals surface area contributed by atoms with Crippen LogP contribution in [0.3, 0.4) is 0 Å². The van der Waals surface area contributed by atoms with Crippen LogP contribution in [-0.4, -0.2) is 34.7 Å². The fraction of sp³-hybridized carbons (Fsp3) is 0.250. The van der Waals surface area contributed by atoms with Gasteiger partial charge in [-0.3, -0.25) is 4.79 Å². The average Bonchev–Trinajstić information content (AvgIpc) is 2.88. The first-order valence-electron chi connectivity index (χ1n) is 11.8. The number of hydrogen-bond acceptors (Lipinski definition) is 6. The number of ether oxygens (including phenoxy) is 2. The maximum atomic E-state index is 13.7. The molecule has 0 saturated heterocycles. The Morgan fingerprint density at radius 2 is 1.95 bits per heavy atom. The van der Waals surface area contributed by atoms with Crippen LogP contribution in [0.1, 0.15) is 43.4 Å². The number of fused-ring (bicyclic) bond motifs is 1. The highest BCUT2D eigenvalue weighted by Gasteiger charge is 2.19. The quantitative estimate of drug-likeness (QED) is 0.239. The van der Waals surface area contributed by atoms with E-state index in [1.807, 2.05) is 25.1 Å². The second-order valence-corrected chi connectivity index (χ2v) is 9.92. The van der Waals surface area contributed by atoms with E-state index in [1.165, 1.54) is 10.9 Å². The highest BCUT2D eigenvalue weighted by molar-refractivity contribution is 9.10. The van der Waals surface area contributed by atoms with Gasteiger partial charge in [-0.05, 0) is 77.2 Å². The number of phenolic OH excluding ortho intramolecular Hbond substituents is 1. The summed E-state index contributed by atoms with van der Waals surface area (Å²) in [4.78, 5) is 18.5. The van der Waals surface area contributed by atoms with Crippen molar-refractivity contribution in [3.63, 3.8) is 0 Å². The fourth-order valence-corrected chi connectivity index (χ4v) is 4.67. The molecule has 1 aromatic heterocycles. The maximum Gasteiger partial charge on any atom is 0.282 e. The number of methoxy groups -OCH3 is 1. The lowest BCUT2D eigenvalue weighted by Crippen LogP contribution is -2.21. The van der Waals surface area contributed by atoms with Crippen molar-refractivity contribution in [2.45, 2.75) is 33.6 Å². The van der Waals surface area contributed by atoms with E-state index in [4.69, 9.17) is 26.1 Å². The summed E-state index contributed by atoms with van der Waals surface area (Å²) < 4.78 is 12.8. The molecule has 0 bridgehead atoms. The lowest BCUT2D eigenvalue weighted by Gasteiger charge is -2.17. The Balaban J connectivity index is 1.99. The fourth-order valence-electron chi connectivity index (χ4n) is 4.06. The van der Waals surface area contributed by atoms with Gasteiger partial charge in [-0.25, -0.2) is 4.98 Å². The van der Waals surface area contributed by atoms with Crippen molar-refractivity contribution in [3.05, 3.63) is 79.0 Å². The van der Waals surface area contributed by atoms with Crippen LogP contribution in [0.2, 0.25) is 5.02 Å². The second-order valence-electron chi connectivity index (χ2n) is 8.75. The molecule has 0 fully saturated rings. The zero-order valence-electron chi connectivity index (χ0n) is 21.2. The third kappa shape index (κ3) is 5.08. The van der Waals surface area contributed by atoms with E-state index in [0.29, 0.717) is 33.4 Å². The van der Waals surface area contributed by atoms with Gasteiger partial charge in [-0.2, -0.15) is 9.78 Å². The standard InChI is InChI=1S/C28H27BrClN3O4/c1-6-37-23-12-17(24(29)25(30)26(23)34)14-31-33-27(32-21-10-8-7-9-18(21)28(33)35)20-13-19(15(2)3)22(36-5)11-16(20)4/h7-15,34H,6H2,1-5H3. The van der Waals surface area contributed by atoms with Gasteiger partial charge in [-0.15, -0.1) is 0 Å². The number of benzene rings is 3. The smallest absolute Gasteiger partial charge is 0.282 e. The summed E-state index contributed by atoms with van der Waals surface area (Å²) >= 11 is 9.72. The summed E-state index contributed by atoms with van der Waals surface area (Å²) in [6.07, 6.45) is 1.49. The minimum absolute atomic E-state index is 0.0872. The Morgan fingerprint density at radius 3 is 2.62 bits per heavy atom. The van der Waals surface area contributed by atoms with Crippen molar-refractivity contribution in [1.29, 1.82) is 0 Å². The molecule has 1 N–H and O–H groups in total. The molecule has 0 saturated carbocycles. The molecule has 4 rings (SSSR count). The Hall–Kier alpha value is -3.36. The molecule has 0 radical (unpaired) electrons. The van der Waals surface area contributed by atoms with Gasteiger partial charge in [0.2, 0.25) is 0 Å². The van der Waals surface area contributed by atoms with Crippen molar-refractivity contribution in [1.82, 2.24) is 9.66 Å². The summed E-state index contributed by atoms with van der Waals surface area (Å²) in [5.74, 6) is 1.40. The molecule has 0 atom stereocenters. The number of nitrogens with zero attached hydrogens (tertiary/aromatic N) is 3. The number of hydrogen-bond donors (Lipinski definition) is 1. The molecule has 3 aromatic carbocycles. The molecule has 0 unspecified atom stereocenters. The molecule has 0 spiro atoms. The molecule has 0 aliphatic heterocycles. The van der Waals surface area contributed by atoms with Crippen molar-refractivity contribution in [3.8, 4) is 28.6 Å². The summed E-state index contributed by atoms with van der Waals surface area (Å²) in [7, 11) is 1.64. The van der Waals surface area contributed by atoms with Gasteiger partial charge in [0.1, 0.15) is 10.8 Å². The third-order valence-corrected chi connectivity index (χ3v) is 7.43. The predicted octanol–water partition coefficient (Wildman–Crippen LogP) is 6.91. The lowest BCUT2D eigenvalue weighted by molar-refractivity contribution is 0.318. The van der Waals surface area contributed by atoms with Crippen LogP contribution in [0.25, 0.3) is 22.3 Å². The molecular formula is C28H27BrClN3O4. The highest BCUT2D eigenvalue weighted by Crippen LogP contribution is 2.41. The van der Waals surface area contributed by atoms with Gasteiger partial charge >= 0.3 is 0 Å². The maximum absolute atomic E-state index is 13.7. The van der Waals surface area contributed by atoms with Gasteiger partial charge in [0.05, 0.1) is 30.8 Å². The van der Waals surface area contributed by atoms with Crippen molar-refractivity contribution < 1.29 is 14.6 Å². The minimum atomic E-state index is -0.316. The Labute approximate surface area is 228 Å². The lowest BCUT2D eigenvalue weighted by atomic mass is 9.96. The largest absolute Gasteiger partial charge is 0.503 e. The first-order chi connectivity index (χ1) is 17.7. The third-order valence-electron chi connectivity index (χ3n) is 5.98. The second kappa shape index (κ2) is 10.9. The van der Waals surface area contributed by atoms with Crippen molar-refractivity contribution in [2.24, 2.45) is 5.10 Å². The first-order valence-corrected chi connectivity index (χ1v) is 12.9. The monoisotopic (exact) mass is 583 g/mol. The summed E-state index contributed by atoms with van der Waals surface area (Å²) in [6, 6.07) is 12.7. The van der Waals surface area contributed by atoms with E-state index >= 15 is 0 Å². The molecular weight excluding hydrogens is 558 g/mol. The zero-order valence-corrected chi connectivity index (χ0v) is 23.5. The Bertz CT molecular complexity index is 1580. The average molecular weight is 585 g/mol. The summed E-state index contributed by atoms with van der Waals surface area (Å²) in [5, 5.41) is 15.4. The minimum Gasteiger partial charge on any atom is -0.503 e. The number of aryl methyl sites for hydroxylation is 1. The number of halogens is 2. The topological polar surface area (TPSA) is 85.9 Å². The number of rotatable bonds is 7. The SMILES string of the molecule is CCOc1cc(C=Nn2c(-c3cc(C(C)C)c(OC)cc3C)nc3ccccc3c2=O)c(Br)c(Cl)c1O. The molecule has 4 aromatic rings. The van der Waals surface area contributed by atoms with E-state index in [1.54, 1.807) is 38.3 Å². The predicted molar refractivity (Wildman–Crippen MR) is 152 cm³/mol. The number of aromatic nitrogens is 2. The summed E-state index contributed by atoms with van der Waals surface area (Å²) in [6.45, 7) is 8.26. The van der Waals surface area contributed by atoms with E-state index in [2.05, 4.69) is 34.9 Å². The van der Waals surface area contributed by atoms with E-state index in [-0.39, 0.29) is 28.0 Å². The van der Waals surface area contributed by atoms with Crippen LogP contribution in [0, 0.1) is 6.92 Å². The Kier molecular flexibility index (Phi) is 7.90. The normalized spacial score (nSPS) is 11.6. The van der Waals surface area contributed by atoms with Crippen LogP contribution < -0.4 is 15.0 Å². The van der Waals surface area contributed by atoms with Crippen LogP contribution >= 0.6 is 27.5 Å². The van der Waals surface area contributed by atoms with E-state index < -0.39 is 0 Å². The Morgan fingerprint density at radius 1 is 1.22 bits per heavy atom. The van der Waals surface area contributed by atoms with Crippen LogP contribution in [0.5, 0.6) is 17.2 Å². The highest BCUT2D eigenvalue weighted by atomic mass is 79.9. The molecule has 0 aliphatic carbocycles. The molecule has 37 heavy (non-hydrogen) atoms. The van der Waals surface area contributed by atoms with Gasteiger partial charge in [-0.1, -0.05) is 37.6 Å². The van der Waals surface area contributed by atoms with Gasteiger partial charge in [0.25, 0.3) is 5.56 Å². The van der Waals surface area contributed by atoms with Gasteiger partial charge in [0, 0.05) is 15.6 Å². The van der Waals surface area contributed by atoms with Gasteiger partial charge < -0.3 is 14.6 Å². The van der Waals surface area contributed by atoms with Crippen LogP contribution in [0.15, 0.2) is 56.8 Å². The van der Waals surface area contributed by atoms with E-state index in [9.17, 15) is 9.90 Å². The molecule has 7 nitrogen and oxygen atoms in total.